The Labute approximate surface area is 212 Å². The molecular formula is C30H33N3O3. The van der Waals surface area contributed by atoms with Crippen LogP contribution in [0.5, 0.6) is 0 Å². The predicted molar refractivity (Wildman–Crippen MR) is 142 cm³/mol. The largest absolute Gasteiger partial charge is 0.480 e. The van der Waals surface area contributed by atoms with Crippen molar-refractivity contribution < 1.29 is 14.7 Å². The molecule has 0 aromatic heterocycles. The number of carbonyl (C=O) groups is 2. The van der Waals surface area contributed by atoms with E-state index in [-0.39, 0.29) is 6.03 Å². The molecule has 5 rings (SSSR count). The van der Waals surface area contributed by atoms with E-state index in [1.807, 2.05) is 90.8 Å². The van der Waals surface area contributed by atoms with Gasteiger partial charge in [0.2, 0.25) is 0 Å². The first-order chi connectivity index (χ1) is 17.5. The highest BCUT2D eigenvalue weighted by Gasteiger charge is 2.48. The van der Waals surface area contributed by atoms with Crippen molar-refractivity contribution in [3.63, 3.8) is 0 Å². The van der Waals surface area contributed by atoms with Gasteiger partial charge in [-0.25, -0.2) is 4.79 Å². The van der Waals surface area contributed by atoms with Gasteiger partial charge in [0.25, 0.3) is 0 Å². The number of urea groups is 1. The van der Waals surface area contributed by atoms with Crippen molar-refractivity contribution in [2.24, 2.45) is 0 Å². The fraction of sp³-hybridized carbons (Fsp3) is 0.333. The lowest BCUT2D eigenvalue weighted by Crippen LogP contribution is -2.52. The van der Waals surface area contributed by atoms with E-state index >= 15 is 0 Å². The third-order valence-corrected chi connectivity index (χ3v) is 7.78. The number of fused-ring (bicyclic) bond motifs is 3. The molecule has 1 heterocycles. The van der Waals surface area contributed by atoms with E-state index in [2.05, 4.69) is 4.90 Å². The third kappa shape index (κ3) is 4.26. The summed E-state index contributed by atoms with van der Waals surface area (Å²) >= 11 is 0. The molecule has 1 fully saturated rings. The molecule has 6 nitrogen and oxygen atoms in total. The lowest BCUT2D eigenvalue weighted by molar-refractivity contribution is -0.142. The van der Waals surface area contributed by atoms with Gasteiger partial charge in [-0.05, 0) is 53.8 Å². The van der Waals surface area contributed by atoms with Gasteiger partial charge in [0, 0.05) is 38.9 Å². The summed E-state index contributed by atoms with van der Waals surface area (Å²) in [6.07, 6.45) is 2.33. The molecule has 0 bridgehead atoms. The van der Waals surface area contributed by atoms with Crippen molar-refractivity contribution >= 4 is 17.7 Å². The summed E-state index contributed by atoms with van der Waals surface area (Å²) in [6, 6.07) is 25.6. The lowest BCUT2D eigenvalue weighted by Gasteiger charge is -2.36. The average molecular weight is 484 g/mol. The zero-order valence-corrected chi connectivity index (χ0v) is 20.8. The molecule has 1 aliphatic carbocycles. The molecule has 3 aromatic carbocycles. The molecule has 1 aliphatic heterocycles. The topological polar surface area (TPSA) is 64.1 Å². The van der Waals surface area contributed by atoms with E-state index in [1.165, 1.54) is 0 Å². The van der Waals surface area contributed by atoms with Crippen molar-refractivity contribution in [1.82, 2.24) is 9.80 Å². The van der Waals surface area contributed by atoms with Gasteiger partial charge >= 0.3 is 12.0 Å². The van der Waals surface area contributed by atoms with E-state index in [0.717, 1.165) is 60.4 Å². The number of unbranched alkanes of at least 4 members (excludes halogenated alkanes) is 1. The predicted octanol–water partition coefficient (Wildman–Crippen LogP) is 5.08. The van der Waals surface area contributed by atoms with E-state index < -0.39 is 11.4 Å². The number of para-hydroxylation sites is 1. The number of carboxylic acid groups (broad SMARTS) is 1. The fourth-order valence-electron chi connectivity index (χ4n) is 5.79. The number of amides is 2. The van der Waals surface area contributed by atoms with Gasteiger partial charge in [-0.1, -0.05) is 73.2 Å². The second kappa shape index (κ2) is 10.2. The van der Waals surface area contributed by atoms with E-state index in [1.54, 1.807) is 4.90 Å². The molecule has 186 valence electrons. The maximum absolute atomic E-state index is 12.9. The normalized spacial score (nSPS) is 16.3. The number of anilines is 1. The summed E-state index contributed by atoms with van der Waals surface area (Å²) in [5.74, 6) is -0.769. The summed E-state index contributed by atoms with van der Waals surface area (Å²) in [5, 5.41) is 10.5. The van der Waals surface area contributed by atoms with Gasteiger partial charge in [-0.3, -0.25) is 14.6 Å². The molecule has 1 saturated heterocycles. The van der Waals surface area contributed by atoms with Gasteiger partial charge in [0.1, 0.15) is 5.41 Å². The maximum atomic E-state index is 12.9. The Hall–Kier alpha value is -3.64. The van der Waals surface area contributed by atoms with E-state index in [4.69, 9.17) is 0 Å². The van der Waals surface area contributed by atoms with Crippen LogP contribution in [0.25, 0.3) is 11.1 Å². The molecule has 0 atom stereocenters. The first-order valence-corrected chi connectivity index (χ1v) is 12.7. The van der Waals surface area contributed by atoms with Crippen LogP contribution in [-0.2, 0) is 10.2 Å². The van der Waals surface area contributed by atoms with Gasteiger partial charge in [-0.15, -0.1) is 0 Å². The monoisotopic (exact) mass is 483 g/mol. The highest BCUT2D eigenvalue weighted by Crippen LogP contribution is 2.51. The van der Waals surface area contributed by atoms with Gasteiger partial charge in [0.15, 0.2) is 0 Å². The van der Waals surface area contributed by atoms with Crippen LogP contribution in [0, 0.1) is 0 Å². The Balaban J connectivity index is 1.17. The number of carboxylic acids is 1. The molecule has 3 aromatic rings. The number of nitrogens with zero attached hydrogens (tertiary/aromatic N) is 3. The summed E-state index contributed by atoms with van der Waals surface area (Å²) in [6.45, 7) is 4.00. The second-order valence-corrected chi connectivity index (χ2v) is 9.76. The number of hydrogen-bond donors (Lipinski definition) is 1. The maximum Gasteiger partial charge on any atom is 0.324 e. The Bertz CT molecular complexity index is 1190. The standard InChI is InChI=1S/C30H33N3O3/c1-31(23-11-3-2-4-12-23)29(36)33-21-19-32(20-22-33)18-10-9-17-30(28(34)35)26-15-7-5-13-24(26)25-14-6-8-16-27(25)30/h2-8,11-16H,9-10,17-22H2,1H3,(H,34,35). The van der Waals surface area contributed by atoms with E-state index in [9.17, 15) is 14.7 Å². The number of hydrogen-bond acceptors (Lipinski definition) is 3. The van der Waals surface area contributed by atoms with Crippen molar-refractivity contribution in [2.45, 2.75) is 24.7 Å². The first-order valence-electron chi connectivity index (χ1n) is 12.7. The van der Waals surface area contributed by atoms with Crippen molar-refractivity contribution in [3.05, 3.63) is 90.0 Å². The van der Waals surface area contributed by atoms with Crippen molar-refractivity contribution in [2.75, 3.05) is 44.7 Å². The zero-order valence-electron chi connectivity index (χ0n) is 20.8. The molecule has 1 N–H and O–H groups in total. The van der Waals surface area contributed by atoms with Crippen LogP contribution in [0.1, 0.15) is 30.4 Å². The van der Waals surface area contributed by atoms with Crippen LogP contribution in [0.4, 0.5) is 10.5 Å². The molecule has 6 heteroatoms. The minimum atomic E-state index is -0.986. The Morgan fingerprint density at radius 3 is 1.94 bits per heavy atom. The number of piperazine rings is 1. The summed E-state index contributed by atoms with van der Waals surface area (Å²) < 4.78 is 0. The van der Waals surface area contributed by atoms with Gasteiger partial charge in [-0.2, -0.15) is 0 Å². The first kappa shape index (κ1) is 24.1. The molecule has 2 aliphatic rings. The molecular weight excluding hydrogens is 450 g/mol. The van der Waals surface area contributed by atoms with Crippen LogP contribution in [0.2, 0.25) is 0 Å². The summed E-state index contributed by atoms with van der Waals surface area (Å²) in [4.78, 5) is 31.6. The van der Waals surface area contributed by atoms with Crippen molar-refractivity contribution in [1.29, 1.82) is 0 Å². The number of aliphatic carboxylic acids is 1. The summed E-state index contributed by atoms with van der Waals surface area (Å²) in [5.41, 5.74) is 3.81. The molecule has 0 saturated carbocycles. The fourth-order valence-corrected chi connectivity index (χ4v) is 5.79. The zero-order chi connectivity index (χ0) is 25.1. The molecule has 0 unspecified atom stereocenters. The lowest BCUT2D eigenvalue weighted by atomic mass is 9.74. The smallest absolute Gasteiger partial charge is 0.324 e. The summed E-state index contributed by atoms with van der Waals surface area (Å²) in [7, 11) is 1.82. The molecule has 36 heavy (non-hydrogen) atoms. The minimum Gasteiger partial charge on any atom is -0.480 e. The van der Waals surface area contributed by atoms with Gasteiger partial charge in [0.05, 0.1) is 0 Å². The molecule has 2 amide bonds. The average Bonchev–Trinajstić information content (AvgIpc) is 3.22. The number of carbonyl (C=O) groups excluding carboxylic acids is 1. The number of benzene rings is 3. The Kier molecular flexibility index (Phi) is 6.79. The van der Waals surface area contributed by atoms with Crippen LogP contribution in [0.3, 0.4) is 0 Å². The minimum absolute atomic E-state index is 0.0304. The Morgan fingerprint density at radius 1 is 0.806 bits per heavy atom. The van der Waals surface area contributed by atoms with Crippen LogP contribution in [0.15, 0.2) is 78.9 Å². The number of rotatable bonds is 7. The van der Waals surface area contributed by atoms with Crippen LogP contribution < -0.4 is 4.90 Å². The quantitative estimate of drug-likeness (QED) is 0.476. The Morgan fingerprint density at radius 2 is 1.36 bits per heavy atom. The van der Waals surface area contributed by atoms with Crippen LogP contribution in [-0.4, -0.2) is 66.7 Å². The van der Waals surface area contributed by atoms with Crippen LogP contribution >= 0.6 is 0 Å². The highest BCUT2D eigenvalue weighted by atomic mass is 16.4. The molecule has 0 radical (unpaired) electrons. The van der Waals surface area contributed by atoms with Gasteiger partial charge < -0.3 is 10.0 Å². The molecule has 0 spiro atoms. The van der Waals surface area contributed by atoms with E-state index in [0.29, 0.717) is 19.5 Å². The second-order valence-electron chi connectivity index (χ2n) is 9.76. The highest BCUT2D eigenvalue weighted by molar-refractivity contribution is 5.97. The SMILES string of the molecule is CN(C(=O)N1CCN(CCCCC2(C(=O)O)c3ccccc3-c3ccccc32)CC1)c1ccccc1. The van der Waals surface area contributed by atoms with Crippen molar-refractivity contribution in [3.8, 4) is 11.1 Å². The third-order valence-electron chi connectivity index (χ3n) is 7.78.